The van der Waals surface area contributed by atoms with Crippen LogP contribution in [0.1, 0.15) is 12.8 Å². The number of aliphatic hydroxyl groups is 1. The Morgan fingerprint density at radius 3 is 3.00 bits per heavy atom. The highest BCUT2D eigenvalue weighted by atomic mass is 32.2. The van der Waals surface area contributed by atoms with Crippen molar-refractivity contribution in [2.24, 2.45) is 0 Å². The third-order valence-electron chi connectivity index (χ3n) is 2.58. The molecular formula is C7H13NOS. The number of thioether (sulfide) groups is 1. The monoisotopic (exact) mass is 159 g/mol. The highest BCUT2D eigenvalue weighted by molar-refractivity contribution is 7.99. The van der Waals surface area contributed by atoms with Gasteiger partial charge in [0.05, 0.1) is 11.6 Å². The van der Waals surface area contributed by atoms with Crippen molar-refractivity contribution in [3.05, 3.63) is 0 Å². The van der Waals surface area contributed by atoms with Crippen LogP contribution in [0, 0.1) is 0 Å². The Balaban J connectivity index is 2.11. The first-order valence-corrected chi connectivity index (χ1v) is 5.00. The Morgan fingerprint density at radius 2 is 2.50 bits per heavy atom. The summed E-state index contributed by atoms with van der Waals surface area (Å²) in [4.78, 5) is 0. The van der Waals surface area contributed by atoms with Gasteiger partial charge in [-0.3, -0.25) is 0 Å². The molecule has 0 radical (unpaired) electrons. The van der Waals surface area contributed by atoms with Gasteiger partial charge in [0.2, 0.25) is 0 Å². The molecule has 2 aliphatic heterocycles. The molecule has 2 atom stereocenters. The van der Waals surface area contributed by atoms with Crippen molar-refractivity contribution < 1.29 is 5.11 Å². The fraction of sp³-hybridized carbons (Fsp3) is 1.00. The van der Waals surface area contributed by atoms with E-state index in [4.69, 9.17) is 0 Å². The van der Waals surface area contributed by atoms with E-state index in [1.165, 1.54) is 5.75 Å². The first-order valence-electron chi connectivity index (χ1n) is 3.84. The lowest BCUT2D eigenvalue weighted by atomic mass is 9.94. The maximum Gasteiger partial charge on any atom is 0.0742 e. The Morgan fingerprint density at radius 1 is 1.60 bits per heavy atom. The van der Waals surface area contributed by atoms with Crippen LogP contribution in [0.5, 0.6) is 0 Å². The summed E-state index contributed by atoms with van der Waals surface area (Å²) in [6.07, 6.45) is 2.02. The zero-order chi connectivity index (χ0) is 7.03. The molecule has 2 fully saturated rings. The second kappa shape index (κ2) is 2.40. The van der Waals surface area contributed by atoms with E-state index in [2.05, 4.69) is 5.32 Å². The first-order chi connectivity index (χ1) is 4.83. The summed E-state index contributed by atoms with van der Waals surface area (Å²) in [5.74, 6) is 2.32. The molecule has 10 heavy (non-hydrogen) atoms. The molecule has 0 unspecified atom stereocenters. The molecule has 0 amide bonds. The van der Waals surface area contributed by atoms with Gasteiger partial charge in [-0.2, -0.15) is 11.8 Å². The molecule has 0 aromatic rings. The predicted molar refractivity (Wildman–Crippen MR) is 43.3 cm³/mol. The van der Waals surface area contributed by atoms with Gasteiger partial charge >= 0.3 is 0 Å². The number of hydrogen-bond donors (Lipinski definition) is 2. The van der Waals surface area contributed by atoms with Crippen molar-refractivity contribution >= 4 is 11.8 Å². The zero-order valence-corrected chi connectivity index (χ0v) is 6.78. The molecule has 2 aliphatic rings. The smallest absolute Gasteiger partial charge is 0.0742 e. The maximum atomic E-state index is 9.60. The summed E-state index contributed by atoms with van der Waals surface area (Å²) in [5.41, 5.74) is 0.116. The van der Waals surface area contributed by atoms with Gasteiger partial charge in [0.15, 0.2) is 0 Å². The molecule has 2 rings (SSSR count). The molecule has 2 heterocycles. The standard InChI is InChI=1S/C7H13NOS/c9-6-1-3-8-7(6)2-4-10-5-7/h6,8-9H,1-5H2/t6-,7-/m0/s1. The molecular weight excluding hydrogens is 146 g/mol. The molecule has 58 valence electrons. The summed E-state index contributed by atoms with van der Waals surface area (Å²) in [6, 6.07) is 0. The van der Waals surface area contributed by atoms with Crippen molar-refractivity contribution in [1.29, 1.82) is 0 Å². The molecule has 0 aromatic carbocycles. The van der Waals surface area contributed by atoms with Crippen LogP contribution in [0.4, 0.5) is 0 Å². The third-order valence-corrected chi connectivity index (χ3v) is 3.80. The summed E-state index contributed by atoms with van der Waals surface area (Å²) in [6.45, 7) is 1.00. The largest absolute Gasteiger partial charge is 0.391 e. The third kappa shape index (κ3) is 0.881. The summed E-state index contributed by atoms with van der Waals surface area (Å²) in [7, 11) is 0. The fourth-order valence-corrected chi connectivity index (χ4v) is 3.29. The van der Waals surface area contributed by atoms with Gasteiger partial charge < -0.3 is 10.4 Å². The van der Waals surface area contributed by atoms with E-state index in [1.54, 1.807) is 0 Å². The van der Waals surface area contributed by atoms with E-state index in [1.807, 2.05) is 11.8 Å². The fourth-order valence-electron chi connectivity index (χ4n) is 1.83. The lowest BCUT2D eigenvalue weighted by molar-refractivity contribution is 0.112. The minimum Gasteiger partial charge on any atom is -0.391 e. The number of aliphatic hydroxyl groups excluding tert-OH is 1. The van der Waals surface area contributed by atoms with Gasteiger partial charge in [-0.25, -0.2) is 0 Å². The Kier molecular flexibility index (Phi) is 1.66. The Labute approximate surface area is 65.4 Å². The van der Waals surface area contributed by atoms with E-state index in [9.17, 15) is 5.11 Å². The summed E-state index contributed by atoms with van der Waals surface area (Å²) in [5, 5.41) is 13.0. The van der Waals surface area contributed by atoms with Gasteiger partial charge in [-0.05, 0) is 25.1 Å². The number of rotatable bonds is 0. The lowest BCUT2D eigenvalue weighted by Gasteiger charge is -2.26. The van der Waals surface area contributed by atoms with Crippen molar-refractivity contribution in [3.8, 4) is 0 Å². The highest BCUT2D eigenvalue weighted by Crippen LogP contribution is 2.34. The molecule has 0 aliphatic carbocycles. The Hall–Kier alpha value is 0.270. The predicted octanol–water partition coefficient (Wildman–Crippen LogP) is 0.216. The van der Waals surface area contributed by atoms with E-state index in [0.717, 1.165) is 25.1 Å². The van der Waals surface area contributed by atoms with Crippen LogP contribution in [0.15, 0.2) is 0 Å². The van der Waals surface area contributed by atoms with Gasteiger partial charge in [0, 0.05) is 5.75 Å². The van der Waals surface area contributed by atoms with Crippen LogP contribution in [-0.4, -0.2) is 34.8 Å². The molecule has 3 heteroatoms. The molecule has 0 saturated carbocycles. The van der Waals surface area contributed by atoms with E-state index >= 15 is 0 Å². The van der Waals surface area contributed by atoms with Crippen LogP contribution in [0.3, 0.4) is 0 Å². The topological polar surface area (TPSA) is 32.3 Å². The van der Waals surface area contributed by atoms with E-state index in [0.29, 0.717) is 0 Å². The normalized spacial score (nSPS) is 47.1. The molecule has 0 aromatic heterocycles. The second-order valence-corrected chi connectivity index (χ2v) is 4.30. The van der Waals surface area contributed by atoms with Crippen molar-refractivity contribution in [3.63, 3.8) is 0 Å². The van der Waals surface area contributed by atoms with E-state index in [-0.39, 0.29) is 11.6 Å². The van der Waals surface area contributed by atoms with Gasteiger partial charge in [-0.15, -0.1) is 0 Å². The van der Waals surface area contributed by atoms with Crippen LogP contribution in [-0.2, 0) is 0 Å². The Bertz CT molecular complexity index is 128. The van der Waals surface area contributed by atoms with Crippen LogP contribution in [0.2, 0.25) is 0 Å². The number of hydrogen-bond acceptors (Lipinski definition) is 3. The van der Waals surface area contributed by atoms with Gasteiger partial charge in [0.1, 0.15) is 0 Å². The highest BCUT2D eigenvalue weighted by Gasteiger charge is 2.43. The summed E-state index contributed by atoms with van der Waals surface area (Å²) >= 11 is 1.95. The van der Waals surface area contributed by atoms with Crippen molar-refractivity contribution in [2.45, 2.75) is 24.5 Å². The lowest BCUT2D eigenvalue weighted by Crippen LogP contribution is -2.47. The SMILES string of the molecule is O[C@H]1CCN[C@]12CCSC2. The minimum atomic E-state index is -0.0810. The number of nitrogens with one attached hydrogen (secondary N) is 1. The zero-order valence-electron chi connectivity index (χ0n) is 5.97. The molecule has 2 saturated heterocycles. The first kappa shape index (κ1) is 6.95. The second-order valence-electron chi connectivity index (χ2n) is 3.19. The average molecular weight is 159 g/mol. The molecule has 2 nitrogen and oxygen atoms in total. The quantitative estimate of drug-likeness (QED) is 0.530. The molecule has 2 N–H and O–H groups in total. The van der Waals surface area contributed by atoms with Crippen LogP contribution < -0.4 is 5.32 Å². The van der Waals surface area contributed by atoms with E-state index < -0.39 is 0 Å². The minimum absolute atomic E-state index is 0.0810. The molecule has 0 bridgehead atoms. The van der Waals surface area contributed by atoms with Gasteiger partial charge in [-0.1, -0.05) is 0 Å². The van der Waals surface area contributed by atoms with Crippen molar-refractivity contribution in [1.82, 2.24) is 5.32 Å². The average Bonchev–Trinajstić information content (AvgIpc) is 2.48. The molecule has 1 spiro atoms. The van der Waals surface area contributed by atoms with Crippen LogP contribution >= 0.6 is 11.8 Å². The van der Waals surface area contributed by atoms with Crippen LogP contribution in [0.25, 0.3) is 0 Å². The summed E-state index contributed by atoms with van der Waals surface area (Å²) < 4.78 is 0. The maximum absolute atomic E-state index is 9.60. The van der Waals surface area contributed by atoms with Gasteiger partial charge in [0.25, 0.3) is 0 Å². The van der Waals surface area contributed by atoms with Crippen molar-refractivity contribution in [2.75, 3.05) is 18.1 Å².